The Morgan fingerprint density at radius 3 is 2.95 bits per heavy atom. The first-order chi connectivity index (χ1) is 9.19. The van der Waals surface area contributed by atoms with Crippen molar-refractivity contribution >= 4 is 23.1 Å². The summed E-state index contributed by atoms with van der Waals surface area (Å²) >= 11 is 1.64. The summed E-state index contributed by atoms with van der Waals surface area (Å²) in [5.41, 5.74) is 1.47. The molecule has 0 aromatic carbocycles. The molecule has 2 rings (SSSR count). The molecule has 100 valence electrons. The van der Waals surface area contributed by atoms with Crippen LogP contribution in [0.1, 0.15) is 27.9 Å². The van der Waals surface area contributed by atoms with Crippen LogP contribution >= 0.6 is 11.3 Å². The quantitative estimate of drug-likeness (QED) is 0.882. The predicted molar refractivity (Wildman–Crippen MR) is 78.6 cm³/mol. The second kappa shape index (κ2) is 6.33. The molecule has 0 fully saturated rings. The van der Waals surface area contributed by atoms with Crippen LogP contribution in [0.25, 0.3) is 0 Å². The van der Waals surface area contributed by atoms with Gasteiger partial charge in [0, 0.05) is 22.7 Å². The highest BCUT2D eigenvalue weighted by molar-refractivity contribution is 7.09. The van der Waals surface area contributed by atoms with Gasteiger partial charge in [-0.2, -0.15) is 0 Å². The highest BCUT2D eigenvalue weighted by Gasteiger charge is 2.08. The number of aryl methyl sites for hydroxylation is 1. The molecule has 0 spiro atoms. The maximum Gasteiger partial charge on any atom is 0.251 e. The van der Waals surface area contributed by atoms with Crippen molar-refractivity contribution in [3.8, 4) is 0 Å². The molecule has 0 saturated carbocycles. The zero-order chi connectivity index (χ0) is 13.7. The minimum absolute atomic E-state index is 0.0712. The maximum absolute atomic E-state index is 12.1. The summed E-state index contributed by atoms with van der Waals surface area (Å²) in [4.78, 5) is 17.6. The van der Waals surface area contributed by atoms with Crippen molar-refractivity contribution in [3.05, 3.63) is 45.8 Å². The summed E-state index contributed by atoms with van der Waals surface area (Å²) in [6.45, 7) is 5.23. The molecule has 2 aromatic heterocycles. The lowest BCUT2D eigenvalue weighted by Crippen LogP contribution is -2.22. The van der Waals surface area contributed by atoms with Gasteiger partial charge in [-0.1, -0.05) is 6.07 Å². The molecule has 2 N–H and O–H groups in total. The van der Waals surface area contributed by atoms with Gasteiger partial charge in [0.25, 0.3) is 5.91 Å². The summed E-state index contributed by atoms with van der Waals surface area (Å²) in [6, 6.07) is 7.56. The first kappa shape index (κ1) is 13.5. The van der Waals surface area contributed by atoms with Crippen LogP contribution in [-0.4, -0.2) is 17.4 Å². The van der Waals surface area contributed by atoms with Gasteiger partial charge in [0.1, 0.15) is 5.82 Å². The Hall–Kier alpha value is -1.88. The number of amides is 1. The summed E-state index contributed by atoms with van der Waals surface area (Å²) in [6.07, 6.45) is 0. The van der Waals surface area contributed by atoms with Gasteiger partial charge in [-0.15, -0.1) is 11.3 Å². The standard InChI is InChI=1S/C14H17N3OS/c1-3-15-13-8-11(7-10(2)17-13)14(18)16-9-12-5-4-6-19-12/h4-8H,3,9H2,1-2H3,(H,15,17)(H,16,18). The molecule has 0 saturated heterocycles. The lowest BCUT2D eigenvalue weighted by atomic mass is 10.2. The lowest BCUT2D eigenvalue weighted by Gasteiger charge is -2.08. The van der Waals surface area contributed by atoms with Gasteiger partial charge in [0.15, 0.2) is 0 Å². The number of carbonyl (C=O) groups is 1. The minimum atomic E-state index is -0.0712. The molecule has 1 amide bonds. The Morgan fingerprint density at radius 2 is 2.26 bits per heavy atom. The Morgan fingerprint density at radius 1 is 1.42 bits per heavy atom. The van der Waals surface area contributed by atoms with Crippen LogP contribution in [0.3, 0.4) is 0 Å². The van der Waals surface area contributed by atoms with Crippen LogP contribution in [0.2, 0.25) is 0 Å². The van der Waals surface area contributed by atoms with E-state index in [2.05, 4.69) is 15.6 Å². The van der Waals surface area contributed by atoms with E-state index in [1.54, 1.807) is 23.5 Å². The Bertz CT molecular complexity index is 552. The van der Waals surface area contributed by atoms with E-state index < -0.39 is 0 Å². The first-order valence-corrected chi connectivity index (χ1v) is 7.10. The molecular formula is C14H17N3OS. The minimum Gasteiger partial charge on any atom is -0.370 e. The van der Waals surface area contributed by atoms with Crippen LogP contribution in [0.5, 0.6) is 0 Å². The zero-order valence-corrected chi connectivity index (χ0v) is 11.9. The highest BCUT2D eigenvalue weighted by atomic mass is 32.1. The SMILES string of the molecule is CCNc1cc(C(=O)NCc2cccs2)cc(C)n1. The number of thiophene rings is 1. The van der Waals surface area contributed by atoms with Crippen LogP contribution in [-0.2, 0) is 6.54 Å². The lowest BCUT2D eigenvalue weighted by molar-refractivity contribution is 0.0951. The van der Waals surface area contributed by atoms with E-state index in [1.165, 1.54) is 0 Å². The third kappa shape index (κ3) is 3.79. The van der Waals surface area contributed by atoms with Crippen molar-refractivity contribution in [1.82, 2.24) is 10.3 Å². The maximum atomic E-state index is 12.1. The number of nitrogens with zero attached hydrogens (tertiary/aromatic N) is 1. The van der Waals surface area contributed by atoms with E-state index in [0.29, 0.717) is 12.1 Å². The van der Waals surface area contributed by atoms with Crippen LogP contribution in [0.15, 0.2) is 29.6 Å². The second-order valence-corrected chi connectivity index (χ2v) is 5.21. The summed E-state index contributed by atoms with van der Waals surface area (Å²) < 4.78 is 0. The monoisotopic (exact) mass is 275 g/mol. The Labute approximate surface area is 116 Å². The summed E-state index contributed by atoms with van der Waals surface area (Å²) in [5, 5.41) is 8.04. The second-order valence-electron chi connectivity index (χ2n) is 4.17. The van der Waals surface area contributed by atoms with Gasteiger partial charge >= 0.3 is 0 Å². The molecule has 0 unspecified atom stereocenters. The Kier molecular flexibility index (Phi) is 4.52. The fourth-order valence-electron chi connectivity index (χ4n) is 1.75. The van der Waals surface area contributed by atoms with Gasteiger partial charge in [-0.05, 0) is 37.4 Å². The molecule has 0 atom stereocenters. The normalized spacial score (nSPS) is 10.2. The zero-order valence-electron chi connectivity index (χ0n) is 11.1. The molecular weight excluding hydrogens is 258 g/mol. The Balaban J connectivity index is 2.05. The first-order valence-electron chi connectivity index (χ1n) is 6.22. The molecule has 0 bridgehead atoms. The largest absolute Gasteiger partial charge is 0.370 e. The van der Waals surface area contributed by atoms with Gasteiger partial charge in [0.05, 0.1) is 6.54 Å². The third-order valence-corrected chi connectivity index (χ3v) is 3.45. The fraction of sp³-hybridized carbons (Fsp3) is 0.286. The molecule has 0 aliphatic carbocycles. The number of hydrogen-bond acceptors (Lipinski definition) is 4. The van der Waals surface area contributed by atoms with Gasteiger partial charge in [0.2, 0.25) is 0 Å². The third-order valence-electron chi connectivity index (χ3n) is 2.58. The summed E-state index contributed by atoms with van der Waals surface area (Å²) in [5.74, 6) is 0.668. The number of pyridine rings is 1. The van der Waals surface area contributed by atoms with Crippen molar-refractivity contribution in [2.24, 2.45) is 0 Å². The molecule has 5 heteroatoms. The van der Waals surface area contributed by atoms with E-state index in [-0.39, 0.29) is 5.91 Å². The number of hydrogen-bond donors (Lipinski definition) is 2. The van der Waals surface area contributed by atoms with Crippen LogP contribution < -0.4 is 10.6 Å². The highest BCUT2D eigenvalue weighted by Crippen LogP contribution is 2.11. The van der Waals surface area contributed by atoms with Crippen LogP contribution in [0.4, 0.5) is 5.82 Å². The van der Waals surface area contributed by atoms with Crippen molar-refractivity contribution < 1.29 is 4.79 Å². The number of carbonyl (C=O) groups excluding carboxylic acids is 1. The number of anilines is 1. The molecule has 19 heavy (non-hydrogen) atoms. The topological polar surface area (TPSA) is 54.0 Å². The van der Waals surface area contributed by atoms with Gasteiger partial charge in [-0.3, -0.25) is 4.79 Å². The predicted octanol–water partition coefficient (Wildman–Crippen LogP) is 2.81. The van der Waals surface area contributed by atoms with Crippen LogP contribution in [0, 0.1) is 6.92 Å². The van der Waals surface area contributed by atoms with Crippen molar-refractivity contribution in [2.45, 2.75) is 20.4 Å². The van der Waals surface area contributed by atoms with Gasteiger partial charge in [-0.25, -0.2) is 4.98 Å². The van der Waals surface area contributed by atoms with E-state index in [9.17, 15) is 4.79 Å². The van der Waals surface area contributed by atoms with E-state index in [1.807, 2.05) is 31.4 Å². The van der Waals surface area contributed by atoms with Crippen molar-refractivity contribution in [3.63, 3.8) is 0 Å². The molecule has 2 aromatic rings. The average molecular weight is 275 g/mol. The number of aromatic nitrogens is 1. The van der Waals surface area contributed by atoms with E-state index in [4.69, 9.17) is 0 Å². The molecule has 0 aliphatic heterocycles. The number of rotatable bonds is 5. The van der Waals surface area contributed by atoms with Crippen molar-refractivity contribution in [1.29, 1.82) is 0 Å². The number of nitrogens with one attached hydrogen (secondary N) is 2. The van der Waals surface area contributed by atoms with Gasteiger partial charge < -0.3 is 10.6 Å². The van der Waals surface area contributed by atoms with E-state index in [0.717, 1.165) is 22.9 Å². The smallest absolute Gasteiger partial charge is 0.251 e. The van der Waals surface area contributed by atoms with E-state index >= 15 is 0 Å². The molecule has 4 nitrogen and oxygen atoms in total. The fourth-order valence-corrected chi connectivity index (χ4v) is 2.40. The van der Waals surface area contributed by atoms with Crippen molar-refractivity contribution in [2.75, 3.05) is 11.9 Å². The average Bonchev–Trinajstić information content (AvgIpc) is 2.88. The molecule has 0 radical (unpaired) electrons. The molecule has 2 heterocycles. The summed E-state index contributed by atoms with van der Waals surface area (Å²) in [7, 11) is 0. The molecule has 0 aliphatic rings.